The van der Waals surface area contributed by atoms with Crippen LogP contribution in [0.15, 0.2) is 37.2 Å². The van der Waals surface area contributed by atoms with Crippen LogP contribution in [0.3, 0.4) is 0 Å². The molecule has 265 valence electrons. The van der Waals surface area contributed by atoms with Crippen LogP contribution >= 0.6 is 23.5 Å². The van der Waals surface area contributed by atoms with Gasteiger partial charge in [0.25, 0.3) is 20.0 Å². The van der Waals surface area contributed by atoms with E-state index in [9.17, 15) is 53.4 Å². The molecule has 1 radical (unpaired) electrons. The zero-order valence-corrected chi connectivity index (χ0v) is 30.7. The Morgan fingerprint density at radius 3 is 2.37 bits per heavy atom. The summed E-state index contributed by atoms with van der Waals surface area (Å²) in [6.07, 6.45) is -8.59. The molecule has 10 N–H and O–H groups in total. The van der Waals surface area contributed by atoms with Crippen LogP contribution in [0, 0.1) is 0 Å². The number of imidazole rings is 1. The number of aromatic nitrogens is 5. The zero-order valence-electron chi connectivity index (χ0n) is 24.9. The number of phosphoric acid groups is 3. The number of hydrogen-bond acceptors (Lipinski definition) is 18. The van der Waals surface area contributed by atoms with Crippen LogP contribution in [0.2, 0.25) is 0 Å². The predicted octanol–water partition coefficient (Wildman–Crippen LogP) is -3.91. The van der Waals surface area contributed by atoms with Crippen LogP contribution in [-0.2, 0) is 41.1 Å². The van der Waals surface area contributed by atoms with Crippen molar-refractivity contribution in [2.45, 2.75) is 49.1 Å². The summed E-state index contributed by atoms with van der Waals surface area (Å²) in [7, 11) is -16.6. The molecule has 0 aromatic carbocycles. The van der Waals surface area contributed by atoms with Crippen molar-refractivity contribution in [3.05, 3.63) is 42.7 Å². The molecule has 2 aliphatic heterocycles. The van der Waals surface area contributed by atoms with Crippen molar-refractivity contribution >= 4 is 97.7 Å². The minimum Gasteiger partial charge on any atom is -0.756 e. The number of hydrogen-bond donors (Lipinski definition) is 8. The number of aliphatic hydroxyl groups excluding tert-OH is 3. The molecule has 28 heteroatoms. The number of aliphatic hydroxyl groups is 3. The Bertz CT molecular complexity index is 1820. The van der Waals surface area contributed by atoms with Gasteiger partial charge in [0.1, 0.15) is 47.9 Å². The number of rotatable bonds is 13. The molecule has 2 aliphatic rings. The van der Waals surface area contributed by atoms with Crippen molar-refractivity contribution < 1.29 is 85.3 Å². The standard InChI is InChI=1S/C21H28N7O17P3.K/c22-17-12-19(25-7-24-17)28(8-26-12)21-16(44-46(33,34)35)14(30)11(43-21)6-41-48(38,39)45-47(36,37)40-5-10-13(29)15(31)20(42-10)27-3-1-2-9(4-27)18(23)32;/h1-4,7-8,10-11,13-16,20-21,29-31H,5-6H2,(H7-,22,23,24,25,32,33,34,35,36,37,38,39);. The van der Waals surface area contributed by atoms with Gasteiger partial charge in [-0.3, -0.25) is 23.0 Å². The molecule has 49 heavy (non-hydrogen) atoms. The molecule has 0 bridgehead atoms. The van der Waals surface area contributed by atoms with Gasteiger partial charge in [0.2, 0.25) is 0 Å². The van der Waals surface area contributed by atoms with E-state index in [1.165, 1.54) is 29.1 Å². The van der Waals surface area contributed by atoms with Crippen LogP contribution < -0.4 is 20.9 Å². The Labute approximate surface area is 316 Å². The molecule has 3 aromatic heterocycles. The molecule has 0 spiro atoms. The average molecular weight is 783 g/mol. The first kappa shape index (κ1) is 40.5. The van der Waals surface area contributed by atoms with Crippen molar-refractivity contribution in [2.24, 2.45) is 5.73 Å². The van der Waals surface area contributed by atoms with Gasteiger partial charge in [-0.1, -0.05) is 0 Å². The number of pyridine rings is 1. The first-order chi connectivity index (χ1) is 22.4. The van der Waals surface area contributed by atoms with Gasteiger partial charge in [-0.15, -0.1) is 0 Å². The van der Waals surface area contributed by atoms with Crippen LogP contribution in [0.4, 0.5) is 5.82 Å². The largest absolute Gasteiger partial charge is 0.756 e. The van der Waals surface area contributed by atoms with E-state index in [0.29, 0.717) is 0 Å². The van der Waals surface area contributed by atoms with Gasteiger partial charge in [0.15, 0.2) is 36.2 Å². The summed E-state index contributed by atoms with van der Waals surface area (Å²) in [6.45, 7) is -2.12. The van der Waals surface area contributed by atoms with E-state index >= 15 is 0 Å². The number of fused-ring (bicyclic) bond motifs is 1. The number of primary amides is 1. The Morgan fingerprint density at radius 1 is 1.02 bits per heavy atom. The quantitative estimate of drug-likeness (QED) is 0.0466. The van der Waals surface area contributed by atoms with Crippen molar-refractivity contribution in [3.8, 4) is 0 Å². The summed E-state index contributed by atoms with van der Waals surface area (Å²) in [5.41, 5.74) is 11.1. The normalized spacial score (nSPS) is 29.7. The molecule has 10 atom stereocenters. The molecule has 5 heterocycles. The fourth-order valence-corrected chi connectivity index (χ4v) is 7.42. The third kappa shape index (κ3) is 9.61. The minimum atomic E-state index is -5.72. The fraction of sp³-hybridized carbons (Fsp3) is 0.476. The van der Waals surface area contributed by atoms with Gasteiger partial charge in [0, 0.05) is 57.5 Å². The van der Waals surface area contributed by atoms with Crippen LogP contribution in [0.5, 0.6) is 0 Å². The van der Waals surface area contributed by atoms with Crippen LogP contribution in [0.1, 0.15) is 22.8 Å². The van der Waals surface area contributed by atoms with Crippen molar-refractivity contribution in [3.63, 3.8) is 0 Å². The number of nitrogens with two attached hydrogens (primary N) is 2. The van der Waals surface area contributed by atoms with Crippen LogP contribution in [0.25, 0.3) is 11.2 Å². The zero-order chi connectivity index (χ0) is 35.2. The molecule has 0 saturated carbocycles. The molecule has 5 rings (SSSR count). The maximum Gasteiger partial charge on any atom is 0.478 e. The van der Waals surface area contributed by atoms with E-state index in [-0.39, 0.29) is 73.9 Å². The number of phosphoric ester groups is 3. The average Bonchev–Trinajstić information content (AvgIpc) is 3.64. The third-order valence-electron chi connectivity index (χ3n) is 6.97. The topological polar surface area (TPSA) is 368 Å². The van der Waals surface area contributed by atoms with E-state index in [1.807, 2.05) is 0 Å². The smallest absolute Gasteiger partial charge is 0.478 e. The summed E-state index contributed by atoms with van der Waals surface area (Å²) < 4.78 is 67.9. The number of nitrogens with zero attached hydrogens (tertiary/aromatic N) is 5. The molecule has 2 saturated heterocycles. The number of ether oxygens (including phenoxy) is 2. The molecular weight excluding hydrogens is 754 g/mol. The van der Waals surface area contributed by atoms with E-state index in [2.05, 4.69) is 32.8 Å². The van der Waals surface area contributed by atoms with Gasteiger partial charge in [-0.2, -0.15) is 4.57 Å². The second kappa shape index (κ2) is 15.8. The maximum atomic E-state index is 12.5. The Morgan fingerprint density at radius 2 is 1.69 bits per heavy atom. The minimum absolute atomic E-state index is 0. The van der Waals surface area contributed by atoms with Crippen LogP contribution in [-0.4, -0.2) is 157 Å². The van der Waals surface area contributed by atoms with E-state index in [0.717, 1.165) is 17.2 Å². The van der Waals surface area contributed by atoms with E-state index < -0.39 is 91.7 Å². The Kier molecular flexibility index (Phi) is 13.1. The number of carbonyl (C=O) groups excluding carboxylic acids is 1. The molecule has 1 amide bonds. The van der Waals surface area contributed by atoms with Gasteiger partial charge in [0.05, 0.1) is 19.5 Å². The summed E-state index contributed by atoms with van der Waals surface area (Å²) in [6, 6.07) is 2.77. The second-order valence-electron chi connectivity index (χ2n) is 10.2. The van der Waals surface area contributed by atoms with E-state index in [1.54, 1.807) is 0 Å². The molecule has 10 unspecified atom stereocenters. The number of carbonyl (C=O) groups is 1. The summed E-state index contributed by atoms with van der Waals surface area (Å²) in [4.78, 5) is 64.4. The summed E-state index contributed by atoms with van der Waals surface area (Å²) >= 11 is 0. The number of nitrogen functional groups attached to an aromatic ring is 1. The van der Waals surface area contributed by atoms with Gasteiger partial charge < -0.3 is 60.4 Å². The molecule has 0 aliphatic carbocycles. The molecule has 24 nitrogen and oxygen atoms in total. The van der Waals surface area contributed by atoms with Gasteiger partial charge >= 0.3 is 15.6 Å². The van der Waals surface area contributed by atoms with Crippen molar-refractivity contribution in [1.82, 2.24) is 19.5 Å². The molecular formula is C21H28KN7O17P3. The van der Waals surface area contributed by atoms with Gasteiger partial charge in [-0.25, -0.2) is 28.4 Å². The number of anilines is 1. The fourth-order valence-electron chi connectivity index (χ4n) is 4.82. The van der Waals surface area contributed by atoms with Crippen molar-refractivity contribution in [2.75, 3.05) is 18.9 Å². The van der Waals surface area contributed by atoms with Gasteiger partial charge in [-0.05, 0) is 6.07 Å². The summed E-state index contributed by atoms with van der Waals surface area (Å²) in [5, 5.41) is 31.5. The second-order valence-corrected chi connectivity index (χ2v) is 14.4. The molecule has 3 aromatic rings. The number of amides is 1. The SMILES string of the molecule is NC(=O)c1ccc[n+](C2OC(COP(=O)([O-])OP(=O)(O)OCC3OC(n4cnc5c(N)ncnc54)C(OP(=O)(O)O)C3O)C(O)C2O)c1.[K]. The first-order valence-electron chi connectivity index (χ1n) is 13.3. The third-order valence-corrected chi connectivity index (χ3v) is 10.1. The van der Waals surface area contributed by atoms with E-state index in [4.69, 9.17) is 20.9 Å². The summed E-state index contributed by atoms with van der Waals surface area (Å²) in [5.74, 6) is -0.862. The Balaban J connectivity index is 0.00000541. The molecule has 2 fully saturated rings. The van der Waals surface area contributed by atoms with Crippen molar-refractivity contribution in [1.29, 1.82) is 0 Å². The first-order valence-corrected chi connectivity index (χ1v) is 17.8. The predicted molar refractivity (Wildman–Crippen MR) is 154 cm³/mol. The Hall–Kier alpha value is -1.22. The maximum absolute atomic E-state index is 12.5. The monoisotopic (exact) mass is 782 g/mol.